The molecular weight excluding hydrogens is 212 g/mol. The summed E-state index contributed by atoms with van der Waals surface area (Å²) in [7, 11) is 0. The molecule has 0 saturated carbocycles. The van der Waals surface area contributed by atoms with E-state index in [1.807, 2.05) is 19.9 Å². The normalized spacial score (nSPS) is 11.2. The molecule has 0 aliphatic heterocycles. The lowest BCUT2D eigenvalue weighted by Gasteiger charge is -2.09. The van der Waals surface area contributed by atoms with Gasteiger partial charge in [-0.3, -0.25) is 0 Å². The minimum absolute atomic E-state index is 0.936. The van der Waals surface area contributed by atoms with Gasteiger partial charge in [-0.25, -0.2) is 0 Å². The molecule has 1 aromatic carbocycles. The Hall–Kier alpha value is -2.03. The Kier molecular flexibility index (Phi) is 3.00. The Morgan fingerprint density at radius 3 is 2.35 bits per heavy atom. The zero-order chi connectivity index (χ0) is 12.4. The van der Waals surface area contributed by atoms with E-state index < -0.39 is 0 Å². The molecule has 0 fully saturated rings. The maximum Gasteiger partial charge on any atom is 0.0752 e. The van der Waals surface area contributed by atoms with Crippen LogP contribution in [-0.2, 0) is 0 Å². The van der Waals surface area contributed by atoms with Gasteiger partial charge in [0.1, 0.15) is 0 Å². The molecule has 0 spiro atoms. The minimum Gasteiger partial charge on any atom is -0.411 e. The highest BCUT2D eigenvalue weighted by Crippen LogP contribution is 2.19. The van der Waals surface area contributed by atoms with Crippen molar-refractivity contribution in [3.8, 4) is 5.69 Å². The molecule has 0 bridgehead atoms. The highest BCUT2D eigenvalue weighted by Gasteiger charge is 2.08. The topological polar surface area (TPSA) is 37.5 Å². The van der Waals surface area contributed by atoms with Gasteiger partial charge in [-0.1, -0.05) is 22.9 Å². The predicted molar refractivity (Wildman–Crippen MR) is 69.4 cm³/mol. The average molecular weight is 228 g/mol. The molecule has 1 aromatic heterocycles. The van der Waals surface area contributed by atoms with E-state index in [-0.39, 0.29) is 0 Å². The van der Waals surface area contributed by atoms with Crippen LogP contribution in [0, 0.1) is 20.8 Å². The number of aromatic nitrogens is 1. The van der Waals surface area contributed by atoms with Gasteiger partial charge >= 0.3 is 0 Å². The summed E-state index contributed by atoms with van der Waals surface area (Å²) in [6, 6.07) is 10.4. The molecule has 0 unspecified atom stereocenters. The Balaban J connectivity index is 2.55. The number of hydrogen-bond acceptors (Lipinski definition) is 2. The fourth-order valence-corrected chi connectivity index (χ4v) is 2.07. The fourth-order valence-electron chi connectivity index (χ4n) is 2.07. The predicted octanol–water partition coefficient (Wildman–Crippen LogP) is 3.21. The average Bonchev–Trinajstić information content (AvgIpc) is 2.57. The molecule has 17 heavy (non-hydrogen) atoms. The second-order valence-electron chi connectivity index (χ2n) is 4.24. The van der Waals surface area contributed by atoms with Crippen molar-refractivity contribution in [3.63, 3.8) is 0 Å². The first-order chi connectivity index (χ1) is 8.13. The summed E-state index contributed by atoms with van der Waals surface area (Å²) in [6.45, 7) is 6.13. The Labute approximate surface area is 101 Å². The van der Waals surface area contributed by atoms with E-state index in [0.29, 0.717) is 0 Å². The molecule has 0 atom stereocenters. The van der Waals surface area contributed by atoms with Gasteiger partial charge in [-0.15, -0.1) is 0 Å². The maximum atomic E-state index is 8.61. The zero-order valence-corrected chi connectivity index (χ0v) is 10.3. The summed E-state index contributed by atoms with van der Waals surface area (Å²) in [5.74, 6) is 0. The highest BCUT2D eigenvalue weighted by atomic mass is 16.4. The summed E-state index contributed by atoms with van der Waals surface area (Å²) in [5, 5.41) is 11.7. The van der Waals surface area contributed by atoms with Crippen molar-refractivity contribution < 1.29 is 5.21 Å². The summed E-state index contributed by atoms with van der Waals surface area (Å²) < 4.78 is 2.15. The van der Waals surface area contributed by atoms with E-state index in [1.54, 1.807) is 0 Å². The van der Waals surface area contributed by atoms with E-state index in [9.17, 15) is 0 Å². The van der Waals surface area contributed by atoms with Crippen molar-refractivity contribution in [1.29, 1.82) is 0 Å². The summed E-state index contributed by atoms with van der Waals surface area (Å²) in [5.41, 5.74) is 5.51. The van der Waals surface area contributed by atoms with Gasteiger partial charge in [-0.2, -0.15) is 0 Å². The SMILES string of the molecule is Cc1ccc(-n2c(C)cc(/C=N/O)c2C)cc1. The minimum atomic E-state index is 0.936. The quantitative estimate of drug-likeness (QED) is 0.478. The molecule has 0 aliphatic carbocycles. The van der Waals surface area contributed by atoms with Crippen LogP contribution in [0.3, 0.4) is 0 Å². The molecule has 2 aromatic rings. The molecule has 3 heteroatoms. The van der Waals surface area contributed by atoms with Gasteiger partial charge in [0, 0.05) is 22.6 Å². The third-order valence-corrected chi connectivity index (χ3v) is 2.96. The van der Waals surface area contributed by atoms with Crippen LogP contribution in [0.1, 0.15) is 22.5 Å². The zero-order valence-electron chi connectivity index (χ0n) is 10.3. The van der Waals surface area contributed by atoms with Crippen LogP contribution in [0.4, 0.5) is 0 Å². The lowest BCUT2D eigenvalue weighted by Crippen LogP contribution is -1.99. The third-order valence-electron chi connectivity index (χ3n) is 2.96. The number of nitrogens with zero attached hydrogens (tertiary/aromatic N) is 2. The molecule has 0 saturated heterocycles. The lowest BCUT2D eigenvalue weighted by molar-refractivity contribution is 0.322. The number of benzene rings is 1. The smallest absolute Gasteiger partial charge is 0.0752 e. The maximum absolute atomic E-state index is 8.61. The van der Waals surface area contributed by atoms with Crippen molar-refractivity contribution in [2.24, 2.45) is 5.16 Å². The summed E-state index contributed by atoms with van der Waals surface area (Å²) >= 11 is 0. The van der Waals surface area contributed by atoms with Gasteiger partial charge < -0.3 is 9.77 Å². The molecule has 1 heterocycles. The van der Waals surface area contributed by atoms with Crippen molar-refractivity contribution >= 4 is 6.21 Å². The van der Waals surface area contributed by atoms with Crippen molar-refractivity contribution in [2.45, 2.75) is 20.8 Å². The Morgan fingerprint density at radius 2 is 1.76 bits per heavy atom. The van der Waals surface area contributed by atoms with Crippen LogP contribution >= 0.6 is 0 Å². The number of rotatable bonds is 2. The van der Waals surface area contributed by atoms with Crippen molar-refractivity contribution in [1.82, 2.24) is 4.57 Å². The van der Waals surface area contributed by atoms with Crippen LogP contribution < -0.4 is 0 Å². The lowest BCUT2D eigenvalue weighted by atomic mass is 10.2. The Bertz CT molecular complexity index is 550. The Morgan fingerprint density at radius 1 is 1.12 bits per heavy atom. The first-order valence-corrected chi connectivity index (χ1v) is 5.57. The van der Waals surface area contributed by atoms with Crippen molar-refractivity contribution in [3.05, 3.63) is 52.8 Å². The van der Waals surface area contributed by atoms with E-state index >= 15 is 0 Å². The molecule has 0 amide bonds. The first kappa shape index (κ1) is 11.5. The van der Waals surface area contributed by atoms with Crippen LogP contribution in [-0.4, -0.2) is 16.0 Å². The van der Waals surface area contributed by atoms with Gasteiger partial charge in [-0.05, 0) is 39.0 Å². The fraction of sp³-hybridized carbons (Fsp3) is 0.214. The third kappa shape index (κ3) is 2.09. The van der Waals surface area contributed by atoms with Crippen molar-refractivity contribution in [2.75, 3.05) is 0 Å². The second-order valence-corrected chi connectivity index (χ2v) is 4.24. The van der Waals surface area contributed by atoms with Crippen LogP contribution in [0.5, 0.6) is 0 Å². The second kappa shape index (κ2) is 4.45. The molecule has 3 nitrogen and oxygen atoms in total. The molecular formula is C14H16N2O. The highest BCUT2D eigenvalue weighted by molar-refractivity contribution is 5.81. The van der Waals surface area contributed by atoms with E-state index in [2.05, 4.69) is 40.9 Å². The number of oxime groups is 1. The van der Waals surface area contributed by atoms with E-state index in [1.165, 1.54) is 11.8 Å². The van der Waals surface area contributed by atoms with Crippen LogP contribution in [0.15, 0.2) is 35.5 Å². The van der Waals surface area contributed by atoms with Crippen LogP contribution in [0.25, 0.3) is 5.69 Å². The largest absolute Gasteiger partial charge is 0.411 e. The molecule has 0 aliphatic rings. The van der Waals surface area contributed by atoms with Crippen LogP contribution in [0.2, 0.25) is 0 Å². The first-order valence-electron chi connectivity index (χ1n) is 5.57. The molecule has 2 rings (SSSR count). The van der Waals surface area contributed by atoms with Gasteiger partial charge in [0.15, 0.2) is 0 Å². The monoisotopic (exact) mass is 228 g/mol. The van der Waals surface area contributed by atoms with Gasteiger partial charge in [0.05, 0.1) is 6.21 Å². The van der Waals surface area contributed by atoms with Gasteiger partial charge in [0.2, 0.25) is 0 Å². The number of aryl methyl sites for hydroxylation is 2. The summed E-state index contributed by atoms with van der Waals surface area (Å²) in [4.78, 5) is 0. The summed E-state index contributed by atoms with van der Waals surface area (Å²) in [6.07, 6.45) is 1.47. The molecule has 0 radical (unpaired) electrons. The van der Waals surface area contributed by atoms with E-state index in [4.69, 9.17) is 5.21 Å². The molecule has 1 N–H and O–H groups in total. The van der Waals surface area contributed by atoms with Gasteiger partial charge in [0.25, 0.3) is 0 Å². The molecule has 88 valence electrons. The number of hydrogen-bond donors (Lipinski definition) is 1. The standard InChI is InChI=1S/C14H16N2O/c1-10-4-6-14(7-5-10)16-11(2)8-13(9-15-17)12(16)3/h4-9,17H,1-3H3/b15-9+. The van der Waals surface area contributed by atoms with E-state index in [0.717, 1.165) is 22.6 Å².